The monoisotopic (exact) mass is 433 g/mol. The molecule has 3 aromatic carbocycles. The maximum atomic E-state index is 6.40. The highest BCUT2D eigenvalue weighted by Crippen LogP contribution is 2.20. The zero-order valence-electron chi connectivity index (χ0n) is 17.8. The van der Waals surface area contributed by atoms with E-state index < -0.39 is 0 Å². The van der Waals surface area contributed by atoms with Gasteiger partial charge in [-0.3, -0.25) is 0 Å². The molecule has 3 nitrogen and oxygen atoms in total. The van der Waals surface area contributed by atoms with Gasteiger partial charge in [-0.2, -0.15) is 9.97 Å². The van der Waals surface area contributed by atoms with E-state index in [1.54, 1.807) is 0 Å². The van der Waals surface area contributed by atoms with E-state index in [1.807, 2.05) is 30.3 Å². The lowest BCUT2D eigenvalue weighted by Gasteiger charge is -2.27. The average molecular weight is 432 g/mol. The first kappa shape index (κ1) is 24.7. The van der Waals surface area contributed by atoms with Crippen LogP contribution in [-0.2, 0) is 0 Å². The van der Waals surface area contributed by atoms with Gasteiger partial charge in [0, 0.05) is 11.1 Å². The summed E-state index contributed by atoms with van der Waals surface area (Å²) in [5, 5.41) is -0.0727. The van der Waals surface area contributed by atoms with Gasteiger partial charge in [-0.25, -0.2) is 4.98 Å². The second-order valence-electron chi connectivity index (χ2n) is 7.47. The number of hydrogen-bond donors (Lipinski definition) is 0. The molecule has 18 radical (unpaired) electrons. The minimum absolute atomic E-state index is 0.0152. The highest BCUT2D eigenvalue weighted by Gasteiger charge is 2.21. The molecule has 0 aliphatic carbocycles. The molecule has 0 saturated carbocycles. The highest BCUT2D eigenvalue weighted by molar-refractivity contribution is 6.70. The van der Waals surface area contributed by atoms with Crippen molar-refractivity contribution in [1.82, 2.24) is 15.0 Å². The third-order valence-corrected chi connectivity index (χ3v) is 5.64. The fourth-order valence-electron chi connectivity index (χ4n) is 3.64. The fraction of sp³-hybridized carbons (Fsp3) is 0. The first-order valence-electron chi connectivity index (χ1n) is 9.79. The Labute approximate surface area is 215 Å². The topological polar surface area (TPSA) is 38.7 Å². The molecule has 0 spiro atoms. The molecule has 1 heterocycles. The van der Waals surface area contributed by atoms with Crippen LogP contribution >= 0.6 is 11.6 Å². The molecule has 0 amide bonds. The van der Waals surface area contributed by atoms with Gasteiger partial charge < -0.3 is 0 Å². The maximum absolute atomic E-state index is 6.40. The molecule has 0 N–H and O–H groups in total. The molecule has 4 aromatic rings. The Kier molecular flexibility index (Phi) is 6.75. The van der Waals surface area contributed by atoms with Crippen molar-refractivity contribution in [3.8, 4) is 33.9 Å². The van der Waals surface area contributed by atoms with Gasteiger partial charge in [0.15, 0.2) is 11.6 Å². The van der Waals surface area contributed by atoms with Gasteiger partial charge >= 0.3 is 0 Å². The van der Waals surface area contributed by atoms with E-state index >= 15 is 0 Å². The van der Waals surface area contributed by atoms with E-state index in [0.29, 0.717) is 11.4 Å². The van der Waals surface area contributed by atoms with E-state index in [-0.39, 0.29) is 77.0 Å². The minimum atomic E-state index is -0.0727. The van der Waals surface area contributed by atoms with E-state index in [4.69, 9.17) is 82.2 Å². The first-order chi connectivity index (χ1) is 16.0. The molecule has 0 atom stereocenters. The number of nitrogens with zero attached hydrogens (tertiary/aromatic N) is 3. The molecule has 138 valence electrons. The van der Waals surface area contributed by atoms with Crippen molar-refractivity contribution in [3.63, 3.8) is 0 Å². The lowest BCUT2D eigenvalue weighted by molar-refractivity contribution is 1.07. The number of hydrogen-bond acceptors (Lipinski definition) is 3. The van der Waals surface area contributed by atoms with E-state index in [2.05, 4.69) is 15.0 Å². The van der Waals surface area contributed by atoms with Crippen LogP contribution in [-0.4, -0.2) is 85.6 Å². The summed E-state index contributed by atoms with van der Waals surface area (Å²) in [6.07, 6.45) is 0. The van der Waals surface area contributed by atoms with Crippen LogP contribution in [0.2, 0.25) is 5.28 Å². The second-order valence-corrected chi connectivity index (χ2v) is 7.80. The van der Waals surface area contributed by atoms with Crippen molar-refractivity contribution in [1.29, 1.82) is 0 Å². The van der Waals surface area contributed by atoms with Crippen molar-refractivity contribution in [2.75, 3.05) is 0 Å². The molecule has 0 saturated heterocycles. The van der Waals surface area contributed by atoms with Crippen LogP contribution in [0.4, 0.5) is 0 Å². The van der Waals surface area contributed by atoms with Crippen molar-refractivity contribution in [2.45, 2.75) is 0 Å². The Morgan fingerprint density at radius 2 is 0.824 bits per heavy atom. The molecule has 34 heavy (non-hydrogen) atoms. The number of aromatic nitrogens is 3. The highest BCUT2D eigenvalue weighted by atomic mass is 35.5. The first-order valence-corrected chi connectivity index (χ1v) is 10.2. The van der Waals surface area contributed by atoms with Crippen LogP contribution in [0.25, 0.3) is 33.9 Å². The van der Waals surface area contributed by atoms with Gasteiger partial charge in [-0.15, -0.1) is 16.4 Å². The largest absolute Gasteiger partial charge is 0.226 e. The number of benzene rings is 3. The van der Waals surface area contributed by atoms with Crippen LogP contribution < -0.4 is 49.2 Å². The molecular weight excluding hydrogens is 427 g/mol. The summed E-state index contributed by atoms with van der Waals surface area (Å²) in [4.78, 5) is 12.8. The number of rotatable bonds is 3. The summed E-state index contributed by atoms with van der Waals surface area (Å²) < 4.78 is 0. The summed E-state index contributed by atoms with van der Waals surface area (Å²) in [5.41, 5.74) is 1.45. The third kappa shape index (κ3) is 4.00. The molecule has 0 bridgehead atoms. The summed E-state index contributed by atoms with van der Waals surface area (Å²) in [7, 11) is 55.9. The Bertz CT molecular complexity index is 1400. The Morgan fingerprint density at radius 3 is 1.32 bits per heavy atom. The normalized spacial score (nSPS) is 11.0. The summed E-state index contributed by atoms with van der Waals surface area (Å²) in [6.45, 7) is 0. The molecule has 0 aliphatic heterocycles. The van der Waals surface area contributed by atoms with E-state index in [9.17, 15) is 0 Å². The minimum Gasteiger partial charge on any atom is -0.208 e. The SMILES string of the molecule is [B]c1c([B])c([B])c(-c2c([B])c([B])c(-c3nc(Cl)nc(-c4ccccc4)n3)c([B])c2[B])c([B])c1[B]. The molecule has 13 heteroatoms. The Morgan fingerprint density at radius 1 is 0.441 bits per heavy atom. The molecular formula is C21H5B9ClN3. The van der Waals surface area contributed by atoms with Gasteiger partial charge in [0.25, 0.3) is 0 Å². The van der Waals surface area contributed by atoms with Crippen LogP contribution in [0.5, 0.6) is 0 Å². The van der Waals surface area contributed by atoms with Crippen molar-refractivity contribution >= 4 is 131 Å². The van der Waals surface area contributed by atoms with Gasteiger partial charge in [0.05, 0.1) is 0 Å². The summed E-state index contributed by atoms with van der Waals surface area (Å²) in [6, 6.07) is 9.15. The molecule has 0 unspecified atom stereocenters. The molecule has 0 aliphatic rings. The van der Waals surface area contributed by atoms with Gasteiger partial charge in [-0.05, 0) is 22.7 Å². The van der Waals surface area contributed by atoms with Crippen molar-refractivity contribution < 1.29 is 0 Å². The Balaban J connectivity index is 2.01. The summed E-state index contributed by atoms with van der Waals surface area (Å²) in [5.74, 6) is 0.388. The van der Waals surface area contributed by atoms with Crippen molar-refractivity contribution in [2.24, 2.45) is 0 Å². The molecule has 0 fully saturated rings. The average Bonchev–Trinajstić information content (AvgIpc) is 2.82. The van der Waals surface area contributed by atoms with Gasteiger partial charge in [0.1, 0.15) is 70.6 Å². The van der Waals surface area contributed by atoms with Gasteiger partial charge in [0.2, 0.25) is 5.28 Å². The Hall–Kier alpha value is -2.46. The molecule has 4 rings (SSSR count). The van der Waals surface area contributed by atoms with Crippen molar-refractivity contribution in [3.05, 3.63) is 35.6 Å². The molecule has 1 aromatic heterocycles. The van der Waals surface area contributed by atoms with Crippen LogP contribution in [0.15, 0.2) is 30.3 Å². The lowest BCUT2D eigenvalue weighted by Crippen LogP contribution is -2.57. The zero-order valence-corrected chi connectivity index (χ0v) is 18.6. The predicted octanol–water partition coefficient (Wildman–Crippen LogP) is -5.33. The maximum Gasteiger partial charge on any atom is 0.226 e. The quantitative estimate of drug-likeness (QED) is 0.304. The fourth-order valence-corrected chi connectivity index (χ4v) is 3.80. The van der Waals surface area contributed by atoms with E-state index in [1.165, 1.54) is 0 Å². The van der Waals surface area contributed by atoms with Crippen LogP contribution in [0, 0.1) is 0 Å². The van der Waals surface area contributed by atoms with Crippen LogP contribution in [0.1, 0.15) is 0 Å². The predicted molar refractivity (Wildman–Crippen MR) is 150 cm³/mol. The second kappa shape index (κ2) is 9.30. The smallest absolute Gasteiger partial charge is 0.208 e. The van der Waals surface area contributed by atoms with Gasteiger partial charge in [-0.1, -0.05) is 63.1 Å². The number of halogens is 1. The van der Waals surface area contributed by atoms with E-state index in [0.717, 1.165) is 0 Å². The standard InChI is InChI=1S/C21H5B9ClN3/c22-10-7(8-12(24)16(28)18(30)17(29)13(8)25)11(23)15(27)9(14(10)26)20-32-19(33-21(31)34-20)6-4-2-1-3-5-6/h1-5H. The third-order valence-electron chi connectivity index (χ3n) is 5.47. The lowest BCUT2D eigenvalue weighted by atomic mass is 9.56. The zero-order chi connectivity index (χ0) is 24.9. The van der Waals surface area contributed by atoms with Crippen LogP contribution in [0.3, 0.4) is 0 Å². The summed E-state index contributed by atoms with van der Waals surface area (Å²) >= 11 is 6.17.